The third-order valence-electron chi connectivity index (χ3n) is 2.77. The van der Waals surface area contributed by atoms with Crippen molar-refractivity contribution in [3.05, 3.63) is 83.4 Å². The second kappa shape index (κ2) is 9.49. The zero-order valence-corrected chi connectivity index (χ0v) is 13.5. The van der Waals surface area contributed by atoms with Crippen LogP contribution in [0.5, 0.6) is 0 Å². The van der Waals surface area contributed by atoms with Gasteiger partial charge in [-0.1, -0.05) is 70.2 Å². The molecule has 2 aromatic carbocycles. The van der Waals surface area contributed by atoms with E-state index >= 15 is 0 Å². The Morgan fingerprint density at radius 3 is 1.36 bits per heavy atom. The molecule has 0 aliphatic rings. The molecular formula is C18H16F2S2. The third-order valence-corrected chi connectivity index (χ3v) is 4.91. The maximum atomic E-state index is 12.7. The highest BCUT2D eigenvalue weighted by molar-refractivity contribution is 8.76. The maximum absolute atomic E-state index is 12.7. The molecule has 114 valence electrons. The van der Waals surface area contributed by atoms with Gasteiger partial charge in [-0.3, -0.25) is 0 Å². The van der Waals surface area contributed by atoms with Crippen LogP contribution in [-0.2, 0) is 0 Å². The summed E-state index contributed by atoms with van der Waals surface area (Å²) in [6.07, 6.45) is 8.10. The van der Waals surface area contributed by atoms with Crippen molar-refractivity contribution in [3.63, 3.8) is 0 Å². The lowest BCUT2D eigenvalue weighted by molar-refractivity contribution is 0.627. The predicted molar refractivity (Wildman–Crippen MR) is 95.8 cm³/mol. The molecule has 2 aromatic rings. The first-order valence-electron chi connectivity index (χ1n) is 6.83. The smallest absolute Gasteiger partial charge is 0.123 e. The van der Waals surface area contributed by atoms with E-state index in [1.807, 2.05) is 12.2 Å². The molecule has 22 heavy (non-hydrogen) atoms. The van der Waals surface area contributed by atoms with E-state index in [0.29, 0.717) is 0 Å². The molecule has 0 nitrogen and oxygen atoms in total. The van der Waals surface area contributed by atoms with Crippen molar-refractivity contribution in [1.29, 1.82) is 0 Å². The van der Waals surface area contributed by atoms with Gasteiger partial charge in [-0.2, -0.15) is 0 Å². The van der Waals surface area contributed by atoms with Crippen LogP contribution in [0.2, 0.25) is 0 Å². The fourth-order valence-electron chi connectivity index (χ4n) is 1.69. The van der Waals surface area contributed by atoms with Gasteiger partial charge < -0.3 is 0 Å². The summed E-state index contributed by atoms with van der Waals surface area (Å²) in [7, 11) is 3.52. The van der Waals surface area contributed by atoms with Gasteiger partial charge in [-0.15, -0.1) is 0 Å². The summed E-state index contributed by atoms with van der Waals surface area (Å²) in [5.74, 6) is 1.36. The number of hydrogen-bond donors (Lipinski definition) is 0. The van der Waals surface area contributed by atoms with Crippen LogP contribution in [0.15, 0.2) is 60.7 Å². The highest BCUT2D eigenvalue weighted by Crippen LogP contribution is 2.22. The van der Waals surface area contributed by atoms with Gasteiger partial charge in [0, 0.05) is 11.5 Å². The van der Waals surface area contributed by atoms with Crippen LogP contribution >= 0.6 is 21.6 Å². The average molecular weight is 334 g/mol. The molecule has 0 radical (unpaired) electrons. The fraction of sp³-hybridized carbons (Fsp3) is 0.111. The van der Waals surface area contributed by atoms with E-state index in [0.717, 1.165) is 22.6 Å². The van der Waals surface area contributed by atoms with Crippen LogP contribution in [0.25, 0.3) is 12.2 Å². The summed E-state index contributed by atoms with van der Waals surface area (Å²) >= 11 is 0. The minimum Gasteiger partial charge on any atom is -0.207 e. The van der Waals surface area contributed by atoms with Crippen molar-refractivity contribution in [3.8, 4) is 0 Å². The zero-order valence-electron chi connectivity index (χ0n) is 11.9. The first kappa shape index (κ1) is 16.8. The van der Waals surface area contributed by atoms with Crippen molar-refractivity contribution in [2.45, 2.75) is 0 Å². The molecule has 0 aromatic heterocycles. The van der Waals surface area contributed by atoms with E-state index in [-0.39, 0.29) is 11.6 Å². The number of halogens is 2. The third kappa shape index (κ3) is 6.50. The van der Waals surface area contributed by atoms with Crippen molar-refractivity contribution < 1.29 is 8.78 Å². The molecule has 0 heterocycles. The quantitative estimate of drug-likeness (QED) is 0.445. The van der Waals surface area contributed by atoms with Gasteiger partial charge in [0.25, 0.3) is 0 Å². The van der Waals surface area contributed by atoms with E-state index in [1.165, 1.54) is 24.3 Å². The highest BCUT2D eigenvalue weighted by Gasteiger charge is 1.90. The molecule has 0 N–H and O–H groups in total. The monoisotopic (exact) mass is 334 g/mol. The van der Waals surface area contributed by atoms with E-state index in [2.05, 4.69) is 12.2 Å². The number of benzene rings is 2. The molecule has 0 aliphatic heterocycles. The van der Waals surface area contributed by atoms with E-state index in [9.17, 15) is 8.78 Å². The predicted octanol–water partition coefficient (Wildman–Crippen LogP) is 6.07. The first-order valence-corrected chi connectivity index (χ1v) is 9.31. The Morgan fingerprint density at radius 2 is 1.00 bits per heavy atom. The van der Waals surface area contributed by atoms with Crippen LogP contribution < -0.4 is 0 Å². The van der Waals surface area contributed by atoms with E-state index < -0.39 is 0 Å². The lowest BCUT2D eigenvalue weighted by Gasteiger charge is -1.95. The Morgan fingerprint density at radius 1 is 0.636 bits per heavy atom. The molecule has 4 heteroatoms. The maximum Gasteiger partial charge on any atom is 0.123 e. The largest absolute Gasteiger partial charge is 0.207 e. The van der Waals surface area contributed by atoms with E-state index in [1.54, 1.807) is 45.9 Å². The van der Waals surface area contributed by atoms with Gasteiger partial charge >= 0.3 is 0 Å². The summed E-state index contributed by atoms with van der Waals surface area (Å²) in [6, 6.07) is 12.9. The minimum absolute atomic E-state index is 0.213. The summed E-state index contributed by atoms with van der Waals surface area (Å²) in [4.78, 5) is 0. The zero-order chi connectivity index (χ0) is 15.6. The topological polar surface area (TPSA) is 0 Å². The molecule has 0 saturated heterocycles. The average Bonchev–Trinajstić information content (AvgIpc) is 2.53. The molecule has 0 bridgehead atoms. The molecule has 0 fully saturated rings. The molecule has 0 atom stereocenters. The van der Waals surface area contributed by atoms with Crippen LogP contribution in [0, 0.1) is 11.6 Å². The second-order valence-electron chi connectivity index (χ2n) is 4.48. The SMILES string of the molecule is Fc1ccc(/C=C/CSSC/C=C/c2ccc(F)cc2)cc1. The van der Waals surface area contributed by atoms with Crippen molar-refractivity contribution >= 4 is 33.7 Å². The number of rotatable bonds is 7. The van der Waals surface area contributed by atoms with Crippen molar-refractivity contribution in [2.24, 2.45) is 0 Å². The molecule has 0 amide bonds. The van der Waals surface area contributed by atoms with Crippen molar-refractivity contribution in [2.75, 3.05) is 11.5 Å². The summed E-state index contributed by atoms with van der Waals surface area (Å²) in [5.41, 5.74) is 2.01. The van der Waals surface area contributed by atoms with Gasteiger partial charge in [0.05, 0.1) is 0 Å². The van der Waals surface area contributed by atoms with Crippen molar-refractivity contribution in [1.82, 2.24) is 0 Å². The van der Waals surface area contributed by atoms with Crippen LogP contribution in [0.3, 0.4) is 0 Å². The van der Waals surface area contributed by atoms with Crippen LogP contribution in [0.1, 0.15) is 11.1 Å². The minimum atomic E-state index is -0.213. The lowest BCUT2D eigenvalue weighted by atomic mass is 10.2. The van der Waals surface area contributed by atoms with Gasteiger partial charge in [0.1, 0.15) is 11.6 Å². The Bertz CT molecular complexity index is 559. The van der Waals surface area contributed by atoms with Gasteiger partial charge in [-0.25, -0.2) is 8.78 Å². The standard InChI is InChI=1S/C18H16F2S2/c19-17-9-5-15(6-10-17)3-1-13-21-22-14-2-4-16-7-11-18(20)12-8-16/h1-12H,13-14H2/b3-1+,4-2+. The Balaban J connectivity index is 1.61. The molecule has 0 unspecified atom stereocenters. The van der Waals surface area contributed by atoms with Gasteiger partial charge in [-0.05, 0) is 35.4 Å². The number of hydrogen-bond acceptors (Lipinski definition) is 2. The molecule has 0 aliphatic carbocycles. The normalized spacial score (nSPS) is 11.5. The Labute approximate surface area is 137 Å². The van der Waals surface area contributed by atoms with Gasteiger partial charge in [0.15, 0.2) is 0 Å². The van der Waals surface area contributed by atoms with Crippen LogP contribution in [0.4, 0.5) is 8.78 Å². The molecule has 0 spiro atoms. The second-order valence-corrected chi connectivity index (χ2v) is 7.03. The van der Waals surface area contributed by atoms with Gasteiger partial charge in [0.2, 0.25) is 0 Å². The lowest BCUT2D eigenvalue weighted by Crippen LogP contribution is -1.76. The summed E-state index contributed by atoms with van der Waals surface area (Å²) in [5, 5.41) is 0. The Hall–Kier alpha value is -1.52. The highest BCUT2D eigenvalue weighted by atomic mass is 33.1. The van der Waals surface area contributed by atoms with E-state index in [4.69, 9.17) is 0 Å². The van der Waals surface area contributed by atoms with Crippen LogP contribution in [-0.4, -0.2) is 11.5 Å². The fourth-order valence-corrected chi connectivity index (χ4v) is 3.28. The first-order chi connectivity index (χ1) is 10.7. The summed E-state index contributed by atoms with van der Waals surface area (Å²) < 4.78 is 25.5. The molecule has 2 rings (SSSR count). The molecule has 0 saturated carbocycles. The molecular weight excluding hydrogens is 318 g/mol. The Kier molecular flexibility index (Phi) is 7.26. The summed E-state index contributed by atoms with van der Waals surface area (Å²) in [6.45, 7) is 0.